The number of amides is 2. The predicted molar refractivity (Wildman–Crippen MR) is 58.3 cm³/mol. The summed E-state index contributed by atoms with van der Waals surface area (Å²) in [5.74, 6) is -2.61. The quantitative estimate of drug-likeness (QED) is 0.839. The Labute approximate surface area is 97.0 Å². The van der Waals surface area contributed by atoms with Gasteiger partial charge in [-0.05, 0) is 12.1 Å². The van der Waals surface area contributed by atoms with Crippen molar-refractivity contribution in [1.82, 2.24) is 5.32 Å². The maximum absolute atomic E-state index is 12.8. The zero-order valence-corrected chi connectivity index (χ0v) is 9.22. The first-order valence-corrected chi connectivity index (χ1v) is 4.98. The molecule has 0 aliphatic rings. The van der Waals surface area contributed by atoms with Gasteiger partial charge in [0.1, 0.15) is 0 Å². The fourth-order valence-corrected chi connectivity index (χ4v) is 1.15. The van der Waals surface area contributed by atoms with Crippen molar-refractivity contribution in [3.63, 3.8) is 0 Å². The van der Waals surface area contributed by atoms with Crippen LogP contribution in [0.4, 0.5) is 14.5 Å². The largest absolute Gasteiger partial charge is 0.356 e. The summed E-state index contributed by atoms with van der Waals surface area (Å²) in [4.78, 5) is 21.8. The van der Waals surface area contributed by atoms with Crippen molar-refractivity contribution >= 4 is 17.5 Å². The molecule has 0 saturated heterocycles. The van der Waals surface area contributed by atoms with Crippen LogP contribution >= 0.6 is 0 Å². The van der Waals surface area contributed by atoms with Gasteiger partial charge in [0, 0.05) is 31.6 Å². The van der Waals surface area contributed by atoms with E-state index in [0.29, 0.717) is 0 Å². The van der Waals surface area contributed by atoms with Gasteiger partial charge in [-0.15, -0.1) is 0 Å². The number of carbonyl (C=O) groups is 2. The third kappa shape index (κ3) is 4.58. The molecule has 0 aliphatic carbocycles. The lowest BCUT2D eigenvalue weighted by molar-refractivity contribution is -0.119. The van der Waals surface area contributed by atoms with Gasteiger partial charge in [0.2, 0.25) is 11.8 Å². The average Bonchev–Trinajstić information content (AvgIpc) is 2.23. The van der Waals surface area contributed by atoms with E-state index in [1.165, 1.54) is 13.0 Å². The third-order valence-corrected chi connectivity index (χ3v) is 1.93. The number of nitrogens with one attached hydrogen (secondary N) is 2. The lowest BCUT2D eigenvalue weighted by atomic mass is 10.3. The Balaban J connectivity index is 2.45. The Kier molecular flexibility index (Phi) is 4.56. The number of hydrogen-bond acceptors (Lipinski definition) is 2. The lowest BCUT2D eigenvalue weighted by Gasteiger charge is -2.05. The van der Waals surface area contributed by atoms with E-state index in [9.17, 15) is 18.4 Å². The number of hydrogen-bond donors (Lipinski definition) is 2. The second-order valence-electron chi connectivity index (χ2n) is 3.41. The monoisotopic (exact) mass is 242 g/mol. The predicted octanol–water partition coefficient (Wildman–Crippen LogP) is 1.43. The molecule has 0 fully saturated rings. The normalized spacial score (nSPS) is 9.82. The Bertz CT molecular complexity index is 435. The molecule has 2 amide bonds. The highest BCUT2D eigenvalue weighted by Crippen LogP contribution is 2.13. The van der Waals surface area contributed by atoms with Crippen LogP contribution in [0, 0.1) is 11.6 Å². The van der Waals surface area contributed by atoms with E-state index in [1.807, 2.05) is 0 Å². The van der Waals surface area contributed by atoms with Gasteiger partial charge in [0.05, 0.1) is 0 Å². The highest BCUT2D eigenvalue weighted by atomic mass is 19.2. The zero-order valence-electron chi connectivity index (χ0n) is 9.22. The SMILES string of the molecule is CC(=O)NCCC(=O)Nc1ccc(F)c(F)c1. The van der Waals surface area contributed by atoms with Crippen molar-refractivity contribution in [2.75, 3.05) is 11.9 Å². The van der Waals surface area contributed by atoms with Gasteiger partial charge in [-0.1, -0.05) is 0 Å². The van der Waals surface area contributed by atoms with E-state index in [1.54, 1.807) is 0 Å². The summed E-state index contributed by atoms with van der Waals surface area (Å²) in [7, 11) is 0. The van der Waals surface area contributed by atoms with Gasteiger partial charge in [-0.2, -0.15) is 0 Å². The van der Waals surface area contributed by atoms with E-state index in [0.717, 1.165) is 12.1 Å². The fourth-order valence-electron chi connectivity index (χ4n) is 1.15. The van der Waals surface area contributed by atoms with Crippen LogP contribution in [0.1, 0.15) is 13.3 Å². The second kappa shape index (κ2) is 5.93. The second-order valence-corrected chi connectivity index (χ2v) is 3.41. The van der Waals surface area contributed by atoms with E-state index >= 15 is 0 Å². The van der Waals surface area contributed by atoms with Gasteiger partial charge in [-0.25, -0.2) is 8.78 Å². The Morgan fingerprint density at radius 2 is 1.94 bits per heavy atom. The molecule has 0 saturated carbocycles. The first kappa shape index (κ1) is 13.1. The standard InChI is InChI=1S/C11H12F2N2O2/c1-7(16)14-5-4-11(17)15-8-2-3-9(12)10(13)6-8/h2-3,6H,4-5H2,1H3,(H,14,16)(H,15,17). The Morgan fingerprint density at radius 3 is 2.53 bits per heavy atom. The lowest BCUT2D eigenvalue weighted by Crippen LogP contribution is -2.25. The molecular formula is C11H12F2N2O2. The van der Waals surface area contributed by atoms with Crippen molar-refractivity contribution in [1.29, 1.82) is 0 Å². The van der Waals surface area contributed by atoms with Gasteiger partial charge < -0.3 is 10.6 Å². The maximum Gasteiger partial charge on any atom is 0.226 e. The zero-order chi connectivity index (χ0) is 12.8. The van der Waals surface area contributed by atoms with Crippen LogP contribution in [0.3, 0.4) is 0 Å². The topological polar surface area (TPSA) is 58.2 Å². The molecule has 0 bridgehead atoms. The Hall–Kier alpha value is -1.98. The van der Waals surface area contributed by atoms with Crippen molar-refractivity contribution < 1.29 is 18.4 Å². The summed E-state index contributed by atoms with van der Waals surface area (Å²) < 4.78 is 25.4. The molecule has 1 aromatic carbocycles. The molecule has 1 aromatic rings. The van der Waals surface area contributed by atoms with Crippen LogP contribution in [0.2, 0.25) is 0 Å². The molecule has 0 spiro atoms. The summed E-state index contributed by atoms with van der Waals surface area (Å²) in [6.07, 6.45) is 0.0680. The van der Waals surface area contributed by atoms with Crippen molar-refractivity contribution in [2.24, 2.45) is 0 Å². The molecule has 0 aromatic heterocycles. The fraction of sp³-hybridized carbons (Fsp3) is 0.273. The van der Waals surface area contributed by atoms with E-state index in [2.05, 4.69) is 10.6 Å². The van der Waals surface area contributed by atoms with Gasteiger partial charge in [-0.3, -0.25) is 9.59 Å². The van der Waals surface area contributed by atoms with Crippen LogP contribution in [-0.4, -0.2) is 18.4 Å². The number of benzene rings is 1. The molecule has 0 aliphatic heterocycles. The first-order chi connectivity index (χ1) is 7.99. The van der Waals surface area contributed by atoms with E-state index in [4.69, 9.17) is 0 Å². The smallest absolute Gasteiger partial charge is 0.226 e. The highest BCUT2D eigenvalue weighted by molar-refractivity contribution is 5.91. The summed E-state index contributed by atoms with van der Waals surface area (Å²) in [6.45, 7) is 1.54. The van der Waals surface area contributed by atoms with Crippen LogP contribution in [0.5, 0.6) is 0 Å². The molecule has 92 valence electrons. The summed E-state index contributed by atoms with van der Waals surface area (Å²) in [5, 5.41) is 4.84. The van der Waals surface area contributed by atoms with Gasteiger partial charge in [0.25, 0.3) is 0 Å². The molecule has 4 nitrogen and oxygen atoms in total. The number of halogens is 2. The summed E-state index contributed by atoms with van der Waals surface area (Å²) in [6, 6.07) is 3.08. The van der Waals surface area contributed by atoms with Crippen molar-refractivity contribution in [3.8, 4) is 0 Å². The number of anilines is 1. The summed E-state index contributed by atoms with van der Waals surface area (Å²) >= 11 is 0. The van der Waals surface area contributed by atoms with Crippen LogP contribution in [0.25, 0.3) is 0 Å². The molecule has 6 heteroatoms. The maximum atomic E-state index is 12.8. The Morgan fingerprint density at radius 1 is 1.24 bits per heavy atom. The molecule has 17 heavy (non-hydrogen) atoms. The van der Waals surface area contributed by atoms with Crippen LogP contribution < -0.4 is 10.6 Å². The highest BCUT2D eigenvalue weighted by Gasteiger charge is 2.06. The van der Waals surface area contributed by atoms with Crippen LogP contribution in [-0.2, 0) is 9.59 Å². The van der Waals surface area contributed by atoms with Crippen molar-refractivity contribution in [2.45, 2.75) is 13.3 Å². The third-order valence-electron chi connectivity index (χ3n) is 1.93. The minimum Gasteiger partial charge on any atom is -0.356 e. The van der Waals surface area contributed by atoms with E-state index < -0.39 is 11.6 Å². The molecule has 0 atom stereocenters. The molecule has 0 radical (unpaired) electrons. The number of carbonyl (C=O) groups excluding carboxylic acids is 2. The molecule has 2 N–H and O–H groups in total. The average molecular weight is 242 g/mol. The van der Waals surface area contributed by atoms with Crippen LogP contribution in [0.15, 0.2) is 18.2 Å². The molecular weight excluding hydrogens is 230 g/mol. The summed E-state index contributed by atoms with van der Waals surface area (Å²) in [5.41, 5.74) is 0.178. The molecule has 1 rings (SSSR count). The number of rotatable bonds is 4. The minimum atomic E-state index is -1.02. The van der Waals surface area contributed by atoms with Crippen molar-refractivity contribution in [3.05, 3.63) is 29.8 Å². The molecule has 0 heterocycles. The van der Waals surface area contributed by atoms with Gasteiger partial charge in [0.15, 0.2) is 11.6 Å². The first-order valence-electron chi connectivity index (χ1n) is 4.98. The molecule has 0 unspecified atom stereocenters. The van der Waals surface area contributed by atoms with Gasteiger partial charge >= 0.3 is 0 Å². The van der Waals surface area contributed by atoms with E-state index in [-0.39, 0.29) is 30.5 Å². The minimum absolute atomic E-state index is 0.0680.